The third-order valence-electron chi connectivity index (χ3n) is 2.80. The highest BCUT2D eigenvalue weighted by molar-refractivity contribution is 9.10. The molecular weight excluding hydrogens is 363 g/mol. The fourth-order valence-electron chi connectivity index (χ4n) is 1.63. The minimum absolute atomic E-state index is 0.0344. The molecule has 0 atom stereocenters. The lowest BCUT2D eigenvalue weighted by molar-refractivity contribution is 0.471. The number of aromatic hydroxyl groups is 1. The van der Waals surface area contributed by atoms with Gasteiger partial charge in [-0.1, -0.05) is 6.07 Å². The van der Waals surface area contributed by atoms with Gasteiger partial charge in [0.1, 0.15) is 16.5 Å². The average molecular weight is 375 g/mol. The van der Waals surface area contributed by atoms with Gasteiger partial charge in [0, 0.05) is 10.5 Å². The fraction of sp³-hybridized carbons (Fsp3) is 0.0769. The van der Waals surface area contributed by atoms with Gasteiger partial charge in [-0.05, 0) is 46.6 Å². The minimum Gasteiger partial charge on any atom is -0.508 e. The van der Waals surface area contributed by atoms with E-state index in [4.69, 9.17) is 5.73 Å². The van der Waals surface area contributed by atoms with E-state index in [2.05, 4.69) is 20.7 Å². The first-order valence-electron chi connectivity index (χ1n) is 5.77. The zero-order valence-electron chi connectivity index (χ0n) is 10.9. The van der Waals surface area contributed by atoms with Gasteiger partial charge in [0.2, 0.25) is 0 Å². The Kier molecular flexibility index (Phi) is 4.11. The Balaban J connectivity index is 2.43. The van der Waals surface area contributed by atoms with E-state index < -0.39 is 15.8 Å². The molecule has 2 rings (SSSR count). The number of halogens is 2. The van der Waals surface area contributed by atoms with Crippen LogP contribution in [0.2, 0.25) is 0 Å². The lowest BCUT2D eigenvalue weighted by Gasteiger charge is -2.11. The summed E-state index contributed by atoms with van der Waals surface area (Å²) in [5, 5.41) is 9.59. The van der Waals surface area contributed by atoms with E-state index in [0.29, 0.717) is 5.56 Å². The third kappa shape index (κ3) is 3.27. The highest BCUT2D eigenvalue weighted by atomic mass is 79.9. The van der Waals surface area contributed by atoms with Crippen molar-refractivity contribution in [2.45, 2.75) is 11.8 Å². The SMILES string of the molecule is Cc1ccc(NS(=O)(=O)c2cc(N)c(F)cc2Br)cc1O. The highest BCUT2D eigenvalue weighted by Gasteiger charge is 2.20. The second-order valence-corrected chi connectivity index (χ2v) is 6.92. The summed E-state index contributed by atoms with van der Waals surface area (Å²) in [7, 11) is -3.97. The van der Waals surface area contributed by atoms with Crippen LogP contribution in [0.15, 0.2) is 39.7 Å². The summed E-state index contributed by atoms with van der Waals surface area (Å²) < 4.78 is 40.2. The Bertz CT molecular complexity index is 809. The molecule has 0 fully saturated rings. The predicted molar refractivity (Wildman–Crippen MR) is 82.2 cm³/mol. The van der Waals surface area contributed by atoms with Gasteiger partial charge in [-0.3, -0.25) is 4.72 Å². The van der Waals surface area contributed by atoms with Crippen LogP contribution < -0.4 is 10.5 Å². The number of rotatable bonds is 3. The monoisotopic (exact) mass is 374 g/mol. The molecule has 2 aromatic carbocycles. The van der Waals surface area contributed by atoms with E-state index in [-0.39, 0.29) is 26.5 Å². The highest BCUT2D eigenvalue weighted by Crippen LogP contribution is 2.29. The van der Waals surface area contributed by atoms with Crippen molar-refractivity contribution in [1.82, 2.24) is 0 Å². The maximum Gasteiger partial charge on any atom is 0.263 e. The first kappa shape index (κ1) is 15.6. The van der Waals surface area contributed by atoms with E-state index >= 15 is 0 Å². The summed E-state index contributed by atoms with van der Waals surface area (Å²) in [6.45, 7) is 1.69. The van der Waals surface area contributed by atoms with E-state index in [1.807, 2.05) is 0 Å². The molecule has 0 aliphatic rings. The van der Waals surface area contributed by atoms with E-state index in [0.717, 1.165) is 12.1 Å². The average Bonchev–Trinajstić information content (AvgIpc) is 2.37. The molecule has 21 heavy (non-hydrogen) atoms. The Morgan fingerprint density at radius 2 is 1.95 bits per heavy atom. The molecule has 0 radical (unpaired) electrons. The number of nitrogen functional groups attached to an aromatic ring is 1. The number of benzene rings is 2. The number of phenols is 1. The van der Waals surface area contributed by atoms with Crippen LogP contribution in [0.25, 0.3) is 0 Å². The number of sulfonamides is 1. The second kappa shape index (κ2) is 5.53. The van der Waals surface area contributed by atoms with Gasteiger partial charge in [0.25, 0.3) is 10.0 Å². The van der Waals surface area contributed by atoms with E-state index in [9.17, 15) is 17.9 Å². The smallest absolute Gasteiger partial charge is 0.263 e. The van der Waals surface area contributed by atoms with Gasteiger partial charge < -0.3 is 10.8 Å². The molecule has 0 aliphatic carbocycles. The molecular formula is C13H12BrFN2O3S. The standard InChI is InChI=1S/C13H12BrFN2O3S/c1-7-2-3-8(4-12(7)18)17-21(19,20)13-6-11(16)10(15)5-9(13)14/h2-6,17-18H,16H2,1H3. The van der Waals surface area contributed by atoms with Crippen molar-refractivity contribution in [3.63, 3.8) is 0 Å². The van der Waals surface area contributed by atoms with Gasteiger partial charge in [-0.2, -0.15) is 0 Å². The second-order valence-electron chi connectivity index (χ2n) is 4.41. The van der Waals surface area contributed by atoms with Gasteiger partial charge in [-0.25, -0.2) is 12.8 Å². The van der Waals surface area contributed by atoms with Crippen molar-refractivity contribution in [2.24, 2.45) is 0 Å². The molecule has 2 aromatic rings. The van der Waals surface area contributed by atoms with Crippen LogP contribution in [0.1, 0.15) is 5.56 Å². The first-order chi connectivity index (χ1) is 9.70. The van der Waals surface area contributed by atoms with Gasteiger partial charge in [-0.15, -0.1) is 0 Å². The number of nitrogens with two attached hydrogens (primary N) is 1. The molecule has 0 aromatic heterocycles. The number of anilines is 2. The Labute approximate surface area is 129 Å². The quantitative estimate of drug-likeness (QED) is 0.720. The number of hydrogen-bond acceptors (Lipinski definition) is 4. The van der Waals surface area contributed by atoms with Crippen LogP contribution in [0, 0.1) is 12.7 Å². The maximum atomic E-state index is 13.3. The van der Waals surface area contributed by atoms with Gasteiger partial charge >= 0.3 is 0 Å². The zero-order chi connectivity index (χ0) is 15.8. The molecule has 0 bridgehead atoms. The fourth-order valence-corrected chi connectivity index (χ4v) is 3.73. The summed E-state index contributed by atoms with van der Waals surface area (Å²) >= 11 is 2.99. The number of aryl methyl sites for hydroxylation is 1. The van der Waals surface area contributed by atoms with Crippen LogP contribution in [-0.4, -0.2) is 13.5 Å². The van der Waals surface area contributed by atoms with Crippen molar-refractivity contribution in [2.75, 3.05) is 10.5 Å². The van der Waals surface area contributed by atoms with Gasteiger partial charge in [0.05, 0.1) is 11.4 Å². The van der Waals surface area contributed by atoms with Crippen molar-refractivity contribution >= 4 is 37.3 Å². The van der Waals surface area contributed by atoms with E-state index in [1.165, 1.54) is 12.1 Å². The normalized spacial score (nSPS) is 11.4. The lowest BCUT2D eigenvalue weighted by Crippen LogP contribution is -2.14. The summed E-state index contributed by atoms with van der Waals surface area (Å²) in [6, 6.07) is 6.37. The maximum absolute atomic E-state index is 13.3. The predicted octanol–water partition coefficient (Wildman–Crippen LogP) is 2.99. The van der Waals surface area contributed by atoms with Crippen molar-refractivity contribution < 1.29 is 17.9 Å². The lowest BCUT2D eigenvalue weighted by atomic mass is 10.2. The number of hydrogen-bond donors (Lipinski definition) is 3. The molecule has 0 saturated heterocycles. The summed E-state index contributed by atoms with van der Waals surface area (Å²) in [5.74, 6) is -0.748. The molecule has 0 heterocycles. The zero-order valence-corrected chi connectivity index (χ0v) is 13.3. The van der Waals surface area contributed by atoms with Crippen LogP contribution in [0.5, 0.6) is 5.75 Å². The van der Waals surface area contributed by atoms with Crippen LogP contribution in [0.3, 0.4) is 0 Å². The molecule has 8 heteroatoms. The molecule has 5 nitrogen and oxygen atoms in total. The molecule has 4 N–H and O–H groups in total. The first-order valence-corrected chi connectivity index (χ1v) is 8.05. The summed E-state index contributed by atoms with van der Waals surface area (Å²) in [5.41, 5.74) is 5.93. The van der Waals surface area contributed by atoms with E-state index in [1.54, 1.807) is 13.0 Å². The Morgan fingerprint density at radius 1 is 1.29 bits per heavy atom. The largest absolute Gasteiger partial charge is 0.508 e. The summed E-state index contributed by atoms with van der Waals surface area (Å²) in [6.07, 6.45) is 0. The third-order valence-corrected chi connectivity index (χ3v) is 5.14. The molecule has 0 spiro atoms. The molecule has 112 valence electrons. The van der Waals surface area contributed by atoms with Gasteiger partial charge in [0.15, 0.2) is 0 Å². The number of nitrogens with one attached hydrogen (secondary N) is 1. The van der Waals surface area contributed by atoms with Crippen molar-refractivity contribution in [1.29, 1.82) is 0 Å². The Morgan fingerprint density at radius 3 is 2.57 bits per heavy atom. The van der Waals surface area contributed by atoms with Crippen molar-refractivity contribution in [3.8, 4) is 5.75 Å². The van der Waals surface area contributed by atoms with Crippen LogP contribution in [0.4, 0.5) is 15.8 Å². The van der Waals surface area contributed by atoms with Crippen molar-refractivity contribution in [3.05, 3.63) is 46.2 Å². The molecule has 0 aliphatic heterocycles. The molecule has 0 saturated carbocycles. The Hall–Kier alpha value is -1.80. The molecule has 0 amide bonds. The van der Waals surface area contributed by atoms with Crippen LogP contribution in [-0.2, 0) is 10.0 Å². The topological polar surface area (TPSA) is 92.4 Å². The number of phenolic OH excluding ortho intramolecular Hbond substituents is 1. The van der Waals surface area contributed by atoms with Crippen LogP contribution >= 0.6 is 15.9 Å². The molecule has 0 unspecified atom stereocenters. The minimum atomic E-state index is -3.97. The summed E-state index contributed by atoms with van der Waals surface area (Å²) in [4.78, 5) is -0.193.